The number of carbonyl (C=O) groups excluding carboxylic acids is 1. The summed E-state index contributed by atoms with van der Waals surface area (Å²) in [5, 5.41) is 13.3. The molecule has 0 aromatic heterocycles. The highest BCUT2D eigenvalue weighted by Gasteiger charge is 2.25. The van der Waals surface area contributed by atoms with E-state index in [1.54, 1.807) is 42.5 Å². The van der Waals surface area contributed by atoms with Crippen molar-refractivity contribution in [1.82, 2.24) is 0 Å². The standard InChI is InChI=1S/C20H19Cl2NO3/c1-20(2,10-24)11-26-18-6-4-13(21)7-12(18)8-16-15-5-3-14(22)9-17(15)23-19(16)25/h3-9,24H,10-11H2,1-2H3,(H,23,25). The van der Waals surface area contributed by atoms with E-state index in [1.807, 2.05) is 13.8 Å². The lowest BCUT2D eigenvalue weighted by atomic mass is 9.96. The highest BCUT2D eigenvalue weighted by atomic mass is 35.5. The van der Waals surface area contributed by atoms with Crippen molar-refractivity contribution in [3.63, 3.8) is 0 Å². The first-order chi connectivity index (χ1) is 12.3. The molecule has 1 aliphatic rings. The van der Waals surface area contributed by atoms with Crippen molar-refractivity contribution in [3.05, 3.63) is 57.6 Å². The van der Waals surface area contributed by atoms with Crippen LogP contribution in [0.1, 0.15) is 25.0 Å². The third kappa shape index (κ3) is 4.04. The molecule has 3 rings (SSSR count). The number of hydrogen-bond donors (Lipinski definition) is 2. The second-order valence-electron chi connectivity index (χ2n) is 7.00. The molecule has 0 saturated carbocycles. The van der Waals surface area contributed by atoms with E-state index in [2.05, 4.69) is 5.32 Å². The monoisotopic (exact) mass is 391 g/mol. The van der Waals surface area contributed by atoms with Crippen molar-refractivity contribution in [3.8, 4) is 5.75 Å². The first kappa shape index (κ1) is 18.8. The zero-order chi connectivity index (χ0) is 18.9. The molecule has 0 atom stereocenters. The van der Waals surface area contributed by atoms with Crippen LogP contribution in [0.15, 0.2) is 36.4 Å². The number of aliphatic hydroxyl groups is 1. The number of rotatable bonds is 5. The molecule has 1 amide bonds. The molecule has 0 fully saturated rings. The van der Waals surface area contributed by atoms with E-state index in [9.17, 15) is 9.90 Å². The van der Waals surface area contributed by atoms with Crippen LogP contribution in [-0.4, -0.2) is 24.2 Å². The van der Waals surface area contributed by atoms with Gasteiger partial charge in [-0.15, -0.1) is 0 Å². The van der Waals surface area contributed by atoms with Crippen LogP contribution in [0.4, 0.5) is 5.69 Å². The van der Waals surface area contributed by atoms with Gasteiger partial charge in [0, 0.05) is 32.2 Å². The predicted octanol–water partition coefficient (Wildman–Crippen LogP) is 4.88. The van der Waals surface area contributed by atoms with Crippen LogP contribution in [0.25, 0.3) is 11.6 Å². The highest BCUT2D eigenvalue weighted by Crippen LogP contribution is 2.37. The van der Waals surface area contributed by atoms with Gasteiger partial charge >= 0.3 is 0 Å². The van der Waals surface area contributed by atoms with Gasteiger partial charge in [-0.05, 0) is 36.4 Å². The Kier molecular flexibility index (Phi) is 5.28. The number of aliphatic hydroxyl groups excluding tert-OH is 1. The Morgan fingerprint density at radius 2 is 1.85 bits per heavy atom. The summed E-state index contributed by atoms with van der Waals surface area (Å²) in [4.78, 5) is 12.4. The Hall–Kier alpha value is -2.01. The lowest BCUT2D eigenvalue weighted by Crippen LogP contribution is -2.25. The summed E-state index contributed by atoms with van der Waals surface area (Å²) < 4.78 is 5.88. The summed E-state index contributed by atoms with van der Waals surface area (Å²) in [6.45, 7) is 4.16. The van der Waals surface area contributed by atoms with Crippen molar-refractivity contribution < 1.29 is 14.6 Å². The molecule has 2 aromatic carbocycles. The number of hydrogen-bond acceptors (Lipinski definition) is 3. The first-order valence-electron chi connectivity index (χ1n) is 8.15. The van der Waals surface area contributed by atoms with Gasteiger partial charge in [-0.3, -0.25) is 4.79 Å². The molecule has 6 heteroatoms. The summed E-state index contributed by atoms with van der Waals surface area (Å²) in [6, 6.07) is 10.5. The van der Waals surface area contributed by atoms with Crippen LogP contribution < -0.4 is 10.1 Å². The molecule has 2 aromatic rings. The van der Waals surface area contributed by atoms with E-state index in [4.69, 9.17) is 27.9 Å². The molecule has 0 unspecified atom stereocenters. The van der Waals surface area contributed by atoms with E-state index in [0.29, 0.717) is 39.2 Å². The van der Waals surface area contributed by atoms with E-state index < -0.39 is 0 Å². The fourth-order valence-corrected chi connectivity index (χ4v) is 2.90. The Morgan fingerprint density at radius 3 is 2.58 bits per heavy atom. The largest absolute Gasteiger partial charge is 0.492 e. The van der Waals surface area contributed by atoms with Gasteiger partial charge in [0.2, 0.25) is 0 Å². The highest BCUT2D eigenvalue weighted by molar-refractivity contribution is 6.37. The number of carbonyl (C=O) groups is 1. The van der Waals surface area contributed by atoms with Crippen molar-refractivity contribution in [2.24, 2.45) is 5.41 Å². The van der Waals surface area contributed by atoms with Crippen molar-refractivity contribution in [1.29, 1.82) is 0 Å². The lowest BCUT2D eigenvalue weighted by molar-refractivity contribution is -0.110. The number of fused-ring (bicyclic) bond motifs is 1. The lowest BCUT2D eigenvalue weighted by Gasteiger charge is -2.22. The van der Waals surface area contributed by atoms with E-state index in [0.717, 1.165) is 5.56 Å². The Labute approximate surface area is 162 Å². The Bertz CT molecular complexity index is 891. The molecule has 26 heavy (non-hydrogen) atoms. The first-order valence-corrected chi connectivity index (χ1v) is 8.91. The average molecular weight is 392 g/mol. The van der Waals surface area contributed by atoms with Crippen molar-refractivity contribution in [2.45, 2.75) is 13.8 Å². The second-order valence-corrected chi connectivity index (χ2v) is 7.87. The van der Waals surface area contributed by atoms with Gasteiger partial charge < -0.3 is 15.2 Å². The maximum Gasteiger partial charge on any atom is 0.256 e. The van der Waals surface area contributed by atoms with Gasteiger partial charge in [-0.1, -0.05) is 43.1 Å². The molecular weight excluding hydrogens is 373 g/mol. The maximum absolute atomic E-state index is 12.4. The fraction of sp³-hybridized carbons (Fsp3) is 0.250. The summed E-state index contributed by atoms with van der Waals surface area (Å²) in [5.41, 5.74) is 2.29. The predicted molar refractivity (Wildman–Crippen MR) is 106 cm³/mol. The van der Waals surface area contributed by atoms with Crippen LogP contribution in [0, 0.1) is 5.41 Å². The summed E-state index contributed by atoms with van der Waals surface area (Å²) >= 11 is 12.1. The molecule has 0 radical (unpaired) electrons. The van der Waals surface area contributed by atoms with E-state index >= 15 is 0 Å². The molecule has 2 N–H and O–H groups in total. The average Bonchev–Trinajstić information content (AvgIpc) is 2.89. The van der Waals surface area contributed by atoms with Crippen LogP contribution >= 0.6 is 23.2 Å². The molecule has 136 valence electrons. The summed E-state index contributed by atoms with van der Waals surface area (Å²) in [5.74, 6) is 0.391. The van der Waals surface area contributed by atoms with Crippen LogP contribution in [0.3, 0.4) is 0 Å². The third-order valence-corrected chi connectivity index (χ3v) is 4.55. The summed E-state index contributed by atoms with van der Waals surface area (Å²) in [7, 11) is 0. The zero-order valence-corrected chi connectivity index (χ0v) is 16.0. The minimum atomic E-state index is -0.377. The zero-order valence-electron chi connectivity index (χ0n) is 14.5. The van der Waals surface area contributed by atoms with Gasteiger partial charge in [0.25, 0.3) is 5.91 Å². The van der Waals surface area contributed by atoms with Gasteiger partial charge in [-0.2, -0.15) is 0 Å². The smallest absolute Gasteiger partial charge is 0.256 e. The number of benzene rings is 2. The van der Waals surface area contributed by atoms with Crippen LogP contribution in [0.5, 0.6) is 5.75 Å². The van der Waals surface area contributed by atoms with Crippen molar-refractivity contribution >= 4 is 46.4 Å². The summed E-state index contributed by atoms with van der Waals surface area (Å²) in [6.07, 6.45) is 1.75. The number of halogens is 2. The number of nitrogens with one attached hydrogen (secondary N) is 1. The van der Waals surface area contributed by atoms with Crippen LogP contribution in [0.2, 0.25) is 10.0 Å². The molecular formula is C20H19Cl2NO3. The molecule has 0 spiro atoms. The Morgan fingerprint density at radius 1 is 1.15 bits per heavy atom. The van der Waals surface area contributed by atoms with Gasteiger partial charge in [-0.25, -0.2) is 0 Å². The minimum Gasteiger partial charge on any atom is -0.492 e. The molecule has 0 aliphatic carbocycles. The SMILES string of the molecule is CC(C)(CO)COc1ccc(Cl)cc1C=C1C(=O)Nc2cc(Cl)ccc21. The second kappa shape index (κ2) is 7.31. The van der Waals surface area contributed by atoms with E-state index in [-0.39, 0.29) is 17.9 Å². The van der Waals surface area contributed by atoms with E-state index in [1.165, 1.54) is 0 Å². The van der Waals surface area contributed by atoms with Gasteiger partial charge in [0.1, 0.15) is 5.75 Å². The van der Waals surface area contributed by atoms with Gasteiger partial charge in [0.15, 0.2) is 0 Å². The number of ether oxygens (including phenoxy) is 1. The van der Waals surface area contributed by atoms with Crippen molar-refractivity contribution in [2.75, 3.05) is 18.5 Å². The normalized spacial score (nSPS) is 15.1. The van der Waals surface area contributed by atoms with Crippen LogP contribution in [-0.2, 0) is 4.79 Å². The molecule has 0 bridgehead atoms. The molecule has 0 saturated heterocycles. The number of anilines is 1. The third-order valence-electron chi connectivity index (χ3n) is 4.08. The topological polar surface area (TPSA) is 58.6 Å². The molecule has 4 nitrogen and oxygen atoms in total. The molecule has 1 heterocycles. The Balaban J connectivity index is 1.98. The molecule has 1 aliphatic heterocycles. The quantitative estimate of drug-likeness (QED) is 0.713. The van der Waals surface area contributed by atoms with Gasteiger partial charge in [0.05, 0.1) is 18.9 Å². The number of amides is 1. The maximum atomic E-state index is 12.4. The fourth-order valence-electron chi connectivity index (χ4n) is 2.55. The minimum absolute atomic E-state index is 0.00749.